The van der Waals surface area contributed by atoms with Crippen LogP contribution >= 0.6 is 0 Å². The standard InChI is InChI=1S/C25H27N.C15H16.C12H18.4C2H6/c1-17-9-5-7-11-21(17)13-16-25(26)24-15-14-23(19(3)20(24)4)22-12-8-6-10-18(22)2;1-11-8-6-10-15(13(11)3)14-9-5-4-7-12(14)2;1-4-11-7-5-6-8-12(11)9-10(2)3;4*1-2/h5,7-9,11-16,26H,6,10H2,1-4H3;4-10H,1-3H3;5-11H,4H2,1-3H3;4*1-2H3/b16-13-,26-25?;;12-9-;;;;. The molecule has 0 fully saturated rings. The van der Waals surface area contributed by atoms with Crippen LogP contribution in [0.1, 0.15) is 152 Å². The second-order valence-corrected chi connectivity index (χ2v) is 14.9. The van der Waals surface area contributed by atoms with Gasteiger partial charge in [-0.05, 0) is 147 Å². The predicted molar refractivity (Wildman–Crippen MR) is 280 cm³/mol. The molecule has 1 atom stereocenters. The Bertz CT molecular complexity index is 2070. The summed E-state index contributed by atoms with van der Waals surface area (Å²) in [6.45, 7) is 37.9. The average molecular weight is 820 g/mol. The quantitative estimate of drug-likeness (QED) is 0.180. The third-order valence-corrected chi connectivity index (χ3v) is 10.6. The normalized spacial score (nSPS) is 14.1. The molecule has 2 aliphatic rings. The van der Waals surface area contributed by atoms with Crippen LogP contribution in [0.4, 0.5) is 0 Å². The van der Waals surface area contributed by atoms with Crippen molar-refractivity contribution in [2.75, 3.05) is 0 Å². The number of hydrogen-bond donors (Lipinski definition) is 1. The molecular weight excluding hydrogens is 735 g/mol. The highest BCUT2D eigenvalue weighted by atomic mass is 14.4. The second kappa shape index (κ2) is 31.8. The van der Waals surface area contributed by atoms with Gasteiger partial charge in [-0.15, -0.1) is 0 Å². The lowest BCUT2D eigenvalue weighted by Gasteiger charge is -2.18. The van der Waals surface area contributed by atoms with Crippen molar-refractivity contribution in [1.82, 2.24) is 0 Å². The lowest BCUT2D eigenvalue weighted by Crippen LogP contribution is -2.03. The van der Waals surface area contributed by atoms with E-state index in [1.54, 1.807) is 0 Å². The molecule has 0 heterocycles. The molecule has 1 nitrogen and oxygen atoms in total. The zero-order valence-electron chi connectivity index (χ0n) is 42.0. The van der Waals surface area contributed by atoms with E-state index in [1.165, 1.54) is 73.2 Å². The molecule has 0 spiro atoms. The maximum atomic E-state index is 8.53. The SMILES string of the molecule is CC.CC.CC.CC.CC1=C(c2ccc(C(=N)/C=C\c3ccccc3C)c(C)c2C)C=CCC1.CCC1C=CC=C/C1=C/C(C)C.Cc1ccccc1-c1cccc(C)c1C. The molecule has 330 valence electrons. The van der Waals surface area contributed by atoms with E-state index < -0.39 is 0 Å². The minimum atomic E-state index is 0.560. The van der Waals surface area contributed by atoms with E-state index in [0.717, 1.165) is 24.0 Å². The molecule has 1 N–H and O–H groups in total. The van der Waals surface area contributed by atoms with E-state index in [4.69, 9.17) is 5.41 Å². The maximum Gasteiger partial charge on any atom is 0.0615 e. The number of hydrogen-bond acceptors (Lipinski definition) is 1. The minimum absolute atomic E-state index is 0.560. The first-order valence-corrected chi connectivity index (χ1v) is 23.4. The Kier molecular flexibility index (Phi) is 29.2. The Hall–Kier alpha value is -5.01. The van der Waals surface area contributed by atoms with Gasteiger partial charge in [0.1, 0.15) is 0 Å². The first kappa shape index (κ1) is 56.0. The van der Waals surface area contributed by atoms with Gasteiger partial charge < -0.3 is 5.41 Å². The summed E-state index contributed by atoms with van der Waals surface area (Å²) in [6.07, 6.45) is 23.1. The van der Waals surface area contributed by atoms with Gasteiger partial charge in [0.05, 0.1) is 5.71 Å². The van der Waals surface area contributed by atoms with Crippen molar-refractivity contribution >= 4 is 17.4 Å². The van der Waals surface area contributed by atoms with Crippen molar-refractivity contribution in [2.24, 2.45) is 11.8 Å². The van der Waals surface area contributed by atoms with Gasteiger partial charge in [-0.2, -0.15) is 0 Å². The first-order chi connectivity index (χ1) is 29.4. The summed E-state index contributed by atoms with van der Waals surface area (Å²) >= 11 is 0. The lowest BCUT2D eigenvalue weighted by atomic mass is 9.87. The van der Waals surface area contributed by atoms with E-state index in [1.807, 2.05) is 79.7 Å². The van der Waals surface area contributed by atoms with Gasteiger partial charge in [0.15, 0.2) is 0 Å². The Morgan fingerprint density at radius 3 is 1.80 bits per heavy atom. The number of benzene rings is 4. The molecule has 0 saturated carbocycles. The summed E-state index contributed by atoms with van der Waals surface area (Å²) < 4.78 is 0. The van der Waals surface area contributed by atoms with Crippen LogP contribution in [0, 0.1) is 58.8 Å². The molecule has 2 aliphatic carbocycles. The molecule has 1 unspecified atom stereocenters. The Labute approximate surface area is 376 Å². The van der Waals surface area contributed by atoms with Gasteiger partial charge >= 0.3 is 0 Å². The fourth-order valence-corrected chi connectivity index (χ4v) is 6.99. The summed E-state index contributed by atoms with van der Waals surface area (Å²) in [5, 5.41) is 8.53. The van der Waals surface area contributed by atoms with Crippen LogP contribution < -0.4 is 0 Å². The molecular formula is C60H85N. The Balaban J connectivity index is 0.000000876. The average Bonchev–Trinajstić information content (AvgIpc) is 3.29. The topological polar surface area (TPSA) is 23.9 Å². The van der Waals surface area contributed by atoms with Crippen LogP contribution in [0.2, 0.25) is 0 Å². The van der Waals surface area contributed by atoms with Crippen LogP contribution in [0.15, 0.2) is 139 Å². The minimum Gasteiger partial charge on any atom is -0.300 e. The monoisotopic (exact) mass is 820 g/mol. The fraction of sp³-hybridized carbons (Fsp3) is 0.383. The first-order valence-electron chi connectivity index (χ1n) is 23.4. The number of aryl methyl sites for hydroxylation is 3. The van der Waals surface area contributed by atoms with Crippen LogP contribution in [-0.2, 0) is 0 Å². The smallest absolute Gasteiger partial charge is 0.0615 e. The molecule has 0 saturated heterocycles. The number of nitrogens with one attached hydrogen (secondary N) is 1. The second-order valence-electron chi connectivity index (χ2n) is 14.9. The van der Waals surface area contributed by atoms with Crippen LogP contribution in [0.3, 0.4) is 0 Å². The Morgan fingerprint density at radius 1 is 0.623 bits per heavy atom. The molecule has 6 rings (SSSR count). The zero-order chi connectivity index (χ0) is 46.5. The molecule has 0 bridgehead atoms. The fourth-order valence-electron chi connectivity index (χ4n) is 6.99. The number of rotatable bonds is 7. The van der Waals surface area contributed by atoms with Gasteiger partial charge in [-0.1, -0.05) is 209 Å². The predicted octanol–water partition coefficient (Wildman–Crippen LogP) is 18.9. The van der Waals surface area contributed by atoms with Crippen LogP contribution in [0.5, 0.6) is 0 Å². The Morgan fingerprint density at radius 2 is 1.21 bits per heavy atom. The van der Waals surface area contributed by atoms with Crippen molar-refractivity contribution in [3.63, 3.8) is 0 Å². The maximum absolute atomic E-state index is 8.53. The van der Waals surface area contributed by atoms with Gasteiger partial charge in [0, 0.05) is 11.5 Å². The van der Waals surface area contributed by atoms with E-state index in [9.17, 15) is 0 Å². The van der Waals surface area contributed by atoms with Crippen molar-refractivity contribution in [1.29, 1.82) is 5.41 Å². The molecule has 0 amide bonds. The number of allylic oxidation sites excluding steroid dienone is 11. The third-order valence-electron chi connectivity index (χ3n) is 10.6. The van der Waals surface area contributed by atoms with E-state index in [-0.39, 0.29) is 0 Å². The van der Waals surface area contributed by atoms with Crippen molar-refractivity contribution in [3.05, 3.63) is 189 Å². The molecule has 4 aromatic carbocycles. The van der Waals surface area contributed by atoms with Gasteiger partial charge in [0.25, 0.3) is 0 Å². The highest BCUT2D eigenvalue weighted by Crippen LogP contribution is 2.32. The highest BCUT2D eigenvalue weighted by Gasteiger charge is 2.14. The van der Waals surface area contributed by atoms with E-state index in [0.29, 0.717) is 17.5 Å². The molecule has 61 heavy (non-hydrogen) atoms. The van der Waals surface area contributed by atoms with E-state index in [2.05, 4.69) is 178 Å². The van der Waals surface area contributed by atoms with Gasteiger partial charge in [-0.3, -0.25) is 0 Å². The zero-order valence-corrected chi connectivity index (χ0v) is 42.0. The molecule has 1 heteroatoms. The van der Waals surface area contributed by atoms with Crippen molar-refractivity contribution in [3.8, 4) is 11.1 Å². The molecule has 0 aromatic heterocycles. The summed E-state index contributed by atoms with van der Waals surface area (Å²) in [5.41, 5.74) is 18.8. The largest absolute Gasteiger partial charge is 0.300 e. The molecule has 4 aromatic rings. The third kappa shape index (κ3) is 17.9. The molecule has 0 aliphatic heterocycles. The van der Waals surface area contributed by atoms with Gasteiger partial charge in [0.2, 0.25) is 0 Å². The lowest BCUT2D eigenvalue weighted by molar-refractivity contribution is 0.716. The van der Waals surface area contributed by atoms with Crippen molar-refractivity contribution in [2.45, 2.75) is 144 Å². The highest BCUT2D eigenvalue weighted by molar-refractivity contribution is 6.10. The summed E-state index contributed by atoms with van der Waals surface area (Å²) in [4.78, 5) is 0. The van der Waals surface area contributed by atoms with Crippen LogP contribution in [-0.4, -0.2) is 5.71 Å². The summed E-state index contributed by atoms with van der Waals surface area (Å²) in [6, 6.07) is 27.6. The van der Waals surface area contributed by atoms with Gasteiger partial charge in [-0.25, -0.2) is 0 Å². The summed E-state index contributed by atoms with van der Waals surface area (Å²) in [7, 11) is 0. The molecule has 0 radical (unpaired) electrons. The van der Waals surface area contributed by atoms with E-state index >= 15 is 0 Å². The van der Waals surface area contributed by atoms with Crippen molar-refractivity contribution < 1.29 is 0 Å². The summed E-state index contributed by atoms with van der Waals surface area (Å²) in [5.74, 6) is 1.31. The van der Waals surface area contributed by atoms with Crippen LogP contribution in [0.25, 0.3) is 22.8 Å².